The van der Waals surface area contributed by atoms with E-state index in [4.69, 9.17) is 14.2 Å². The van der Waals surface area contributed by atoms with Crippen LogP contribution in [0.3, 0.4) is 0 Å². The van der Waals surface area contributed by atoms with Crippen molar-refractivity contribution in [1.82, 2.24) is 19.6 Å². The van der Waals surface area contributed by atoms with Crippen LogP contribution in [0, 0.1) is 0 Å². The Balaban J connectivity index is 1.59. The number of pyridine rings is 1. The zero-order valence-electron chi connectivity index (χ0n) is 15.7. The minimum atomic E-state index is 0.551. The average Bonchev–Trinajstić information content (AvgIpc) is 3.30. The Morgan fingerprint density at radius 1 is 1.11 bits per heavy atom. The fraction of sp³-hybridized carbons (Fsp3) is 0.211. The number of nitrogens with zero attached hydrogens (tertiary/aromatic N) is 4. The van der Waals surface area contributed by atoms with E-state index in [0.29, 0.717) is 23.8 Å². The summed E-state index contributed by atoms with van der Waals surface area (Å²) in [5.74, 6) is 1.72. The van der Waals surface area contributed by atoms with Crippen LogP contribution in [0.1, 0.15) is 5.56 Å². The van der Waals surface area contributed by atoms with Gasteiger partial charge in [0.2, 0.25) is 15.8 Å². The summed E-state index contributed by atoms with van der Waals surface area (Å²) < 4.78 is 18.0. The van der Waals surface area contributed by atoms with Gasteiger partial charge in [0, 0.05) is 24.5 Å². The third-order valence-corrected chi connectivity index (χ3v) is 5.05. The quantitative estimate of drug-likeness (QED) is 0.511. The molecular weight excluding hydrogens is 378 g/mol. The molecule has 0 atom stereocenters. The van der Waals surface area contributed by atoms with Crippen LogP contribution in [0.25, 0.3) is 16.2 Å². The van der Waals surface area contributed by atoms with E-state index in [1.165, 1.54) is 11.3 Å². The van der Waals surface area contributed by atoms with Crippen molar-refractivity contribution in [3.63, 3.8) is 0 Å². The van der Waals surface area contributed by atoms with Crippen LogP contribution in [-0.4, -0.2) is 40.9 Å². The highest BCUT2D eigenvalue weighted by Gasteiger charge is 2.17. The van der Waals surface area contributed by atoms with Gasteiger partial charge in [0.1, 0.15) is 0 Å². The molecule has 4 aromatic rings. The topological polar surface area (TPSA) is 82.8 Å². The normalized spacial score (nSPS) is 10.8. The third-order valence-electron chi connectivity index (χ3n) is 4.17. The predicted molar refractivity (Wildman–Crippen MR) is 108 cm³/mol. The van der Waals surface area contributed by atoms with Gasteiger partial charge in [-0.3, -0.25) is 4.98 Å². The number of benzene rings is 1. The number of ether oxygens (including phenoxy) is 3. The van der Waals surface area contributed by atoms with Crippen LogP contribution in [0.5, 0.6) is 17.2 Å². The molecule has 0 saturated carbocycles. The smallest absolute Gasteiger partial charge is 0.214 e. The monoisotopic (exact) mass is 397 g/mol. The minimum absolute atomic E-state index is 0.551. The molecule has 0 fully saturated rings. The van der Waals surface area contributed by atoms with Gasteiger partial charge in [0.05, 0.1) is 33.2 Å². The molecule has 0 aliphatic heterocycles. The van der Waals surface area contributed by atoms with Crippen molar-refractivity contribution in [2.45, 2.75) is 6.54 Å². The van der Waals surface area contributed by atoms with Crippen molar-refractivity contribution < 1.29 is 14.2 Å². The Hall–Kier alpha value is -3.33. The maximum Gasteiger partial charge on any atom is 0.214 e. The van der Waals surface area contributed by atoms with Crippen LogP contribution in [0.15, 0.2) is 42.9 Å². The second-order valence-electron chi connectivity index (χ2n) is 5.89. The molecule has 0 amide bonds. The lowest BCUT2D eigenvalue weighted by Crippen LogP contribution is -1.99. The minimum Gasteiger partial charge on any atom is -0.493 e. The van der Waals surface area contributed by atoms with Gasteiger partial charge < -0.3 is 19.5 Å². The van der Waals surface area contributed by atoms with Gasteiger partial charge in [0.15, 0.2) is 11.5 Å². The van der Waals surface area contributed by atoms with Crippen molar-refractivity contribution >= 4 is 21.4 Å². The second kappa shape index (κ2) is 7.73. The third kappa shape index (κ3) is 3.44. The first-order valence-corrected chi connectivity index (χ1v) is 9.33. The highest BCUT2D eigenvalue weighted by Crippen LogP contribution is 2.41. The largest absolute Gasteiger partial charge is 0.493 e. The Morgan fingerprint density at radius 3 is 2.50 bits per heavy atom. The summed E-state index contributed by atoms with van der Waals surface area (Å²) in [7, 11) is 4.76. The van der Waals surface area contributed by atoms with E-state index in [1.54, 1.807) is 32.0 Å². The van der Waals surface area contributed by atoms with Crippen molar-refractivity contribution in [1.29, 1.82) is 0 Å². The van der Waals surface area contributed by atoms with Crippen molar-refractivity contribution in [2.24, 2.45) is 0 Å². The molecular formula is C19H19N5O3S. The Kier molecular flexibility index (Phi) is 4.98. The number of methoxy groups -OCH3 is 3. The van der Waals surface area contributed by atoms with E-state index < -0.39 is 0 Å². The molecule has 1 N–H and O–H groups in total. The summed E-state index contributed by atoms with van der Waals surface area (Å²) in [6.45, 7) is 0.657. The molecule has 3 heterocycles. The number of anilines is 1. The van der Waals surface area contributed by atoms with Crippen LogP contribution in [0.2, 0.25) is 0 Å². The van der Waals surface area contributed by atoms with E-state index >= 15 is 0 Å². The number of imidazole rings is 1. The van der Waals surface area contributed by atoms with Crippen LogP contribution >= 0.6 is 11.3 Å². The number of aromatic nitrogens is 4. The maximum absolute atomic E-state index is 5.42. The summed E-state index contributed by atoms with van der Waals surface area (Å²) in [6.07, 6.45) is 5.46. The summed E-state index contributed by atoms with van der Waals surface area (Å²) >= 11 is 1.48. The Bertz CT molecular complexity index is 1040. The number of rotatable bonds is 7. The van der Waals surface area contributed by atoms with Gasteiger partial charge in [0.25, 0.3) is 0 Å². The standard InChI is InChI=1S/C19H19N5O3S/c1-25-15-7-13(8-16(26-2)17(15)27-3)14-11-24-19(22-14)28-18(23-24)21-10-12-5-4-6-20-9-12/h4-9,11H,10H2,1-3H3,(H,21,23). The van der Waals surface area contributed by atoms with Crippen molar-refractivity contribution in [3.8, 4) is 28.5 Å². The summed E-state index contributed by atoms with van der Waals surface area (Å²) in [4.78, 5) is 9.58. The zero-order chi connectivity index (χ0) is 19.5. The van der Waals surface area contributed by atoms with Gasteiger partial charge in [-0.1, -0.05) is 17.4 Å². The lowest BCUT2D eigenvalue weighted by molar-refractivity contribution is 0.324. The van der Waals surface area contributed by atoms with E-state index in [9.17, 15) is 0 Å². The SMILES string of the molecule is COc1cc(-c2cn3nc(NCc4cccnc4)sc3n2)cc(OC)c1OC. The first-order chi connectivity index (χ1) is 13.7. The zero-order valence-corrected chi connectivity index (χ0v) is 16.5. The number of nitrogens with one attached hydrogen (secondary N) is 1. The highest BCUT2D eigenvalue weighted by molar-refractivity contribution is 7.20. The van der Waals surface area contributed by atoms with Crippen molar-refractivity contribution in [3.05, 3.63) is 48.4 Å². The highest BCUT2D eigenvalue weighted by atomic mass is 32.1. The van der Waals surface area contributed by atoms with Gasteiger partial charge in [-0.2, -0.15) is 0 Å². The summed E-state index contributed by atoms with van der Waals surface area (Å²) in [6, 6.07) is 7.67. The molecule has 4 rings (SSSR count). The van der Waals surface area contributed by atoms with Crippen LogP contribution < -0.4 is 19.5 Å². The molecule has 0 bridgehead atoms. The second-order valence-corrected chi connectivity index (χ2v) is 6.85. The van der Waals surface area contributed by atoms with E-state index in [1.807, 2.05) is 36.7 Å². The molecule has 28 heavy (non-hydrogen) atoms. The molecule has 0 saturated heterocycles. The Labute approximate surface area is 165 Å². The molecule has 0 radical (unpaired) electrons. The molecule has 0 aliphatic carbocycles. The fourth-order valence-corrected chi connectivity index (χ4v) is 3.60. The molecule has 1 aromatic carbocycles. The predicted octanol–water partition coefficient (Wildman–Crippen LogP) is 3.49. The van der Waals surface area contributed by atoms with Gasteiger partial charge in [-0.05, 0) is 23.8 Å². The molecule has 8 nitrogen and oxygen atoms in total. The fourth-order valence-electron chi connectivity index (χ4n) is 2.82. The van der Waals surface area contributed by atoms with Gasteiger partial charge in [-0.15, -0.1) is 5.10 Å². The van der Waals surface area contributed by atoms with Gasteiger partial charge in [-0.25, -0.2) is 9.50 Å². The molecule has 9 heteroatoms. The van der Waals surface area contributed by atoms with Crippen molar-refractivity contribution in [2.75, 3.05) is 26.6 Å². The first-order valence-electron chi connectivity index (χ1n) is 8.51. The van der Waals surface area contributed by atoms with E-state index in [2.05, 4.69) is 20.4 Å². The molecule has 0 aliphatic rings. The summed E-state index contributed by atoms with van der Waals surface area (Å²) in [5, 5.41) is 8.64. The van der Waals surface area contributed by atoms with Crippen LogP contribution in [-0.2, 0) is 6.54 Å². The lowest BCUT2D eigenvalue weighted by atomic mass is 10.1. The maximum atomic E-state index is 5.42. The molecule has 0 unspecified atom stereocenters. The summed E-state index contributed by atoms with van der Waals surface area (Å²) in [5.41, 5.74) is 2.72. The van der Waals surface area contributed by atoms with Gasteiger partial charge >= 0.3 is 0 Å². The van der Waals surface area contributed by atoms with Crippen LogP contribution in [0.4, 0.5) is 5.13 Å². The number of fused-ring (bicyclic) bond motifs is 1. The molecule has 144 valence electrons. The molecule has 3 aromatic heterocycles. The Morgan fingerprint density at radius 2 is 1.89 bits per heavy atom. The lowest BCUT2D eigenvalue weighted by Gasteiger charge is -2.13. The van der Waals surface area contributed by atoms with E-state index in [0.717, 1.165) is 26.9 Å². The number of hydrogen-bond donors (Lipinski definition) is 1. The average molecular weight is 397 g/mol. The van der Waals surface area contributed by atoms with E-state index in [-0.39, 0.29) is 0 Å². The molecule has 0 spiro atoms. The number of hydrogen-bond acceptors (Lipinski definition) is 8. The first kappa shape index (κ1) is 18.1.